The number of ether oxygens (including phenoxy) is 1. The summed E-state index contributed by atoms with van der Waals surface area (Å²) in [6.07, 6.45) is 5.08. The van der Waals surface area contributed by atoms with Gasteiger partial charge in [0, 0.05) is 19.3 Å². The van der Waals surface area contributed by atoms with Gasteiger partial charge in [0.05, 0.1) is 11.1 Å². The topological polar surface area (TPSA) is 78.8 Å². The van der Waals surface area contributed by atoms with Crippen molar-refractivity contribution in [1.29, 1.82) is 0 Å². The van der Waals surface area contributed by atoms with E-state index in [2.05, 4.69) is 20.4 Å². The number of aromatic nitrogens is 1. The molecule has 5 rings (SSSR count). The molecule has 0 atom stereocenters. The van der Waals surface area contributed by atoms with E-state index in [0.29, 0.717) is 30.0 Å². The summed E-state index contributed by atoms with van der Waals surface area (Å²) in [4.78, 5) is 31.0. The fraction of sp³-hybridized carbons (Fsp3) is 0.375. The summed E-state index contributed by atoms with van der Waals surface area (Å²) in [5, 5.41) is 8.15. The minimum absolute atomic E-state index is 0.0270. The molecule has 2 heterocycles. The minimum atomic E-state index is -0.589. The lowest BCUT2D eigenvalue weighted by atomic mass is 10.0. The molecule has 0 saturated carbocycles. The standard InChI is InChI=1S/C32H38FN5O3/c1-36(2)15-9-7-13-34-28-25(33)19-23-29-31(28)41-27-18-22-12-6-5-11-21(22)17-26(27)38(29)20-24(30(23)39)32(40)35-14-8-10-16-37(3)4/h5-6,11-12,17-20,34H,7-10,13-16H2,1-4H3,(H,35,40). The fourth-order valence-electron chi connectivity index (χ4n) is 5.25. The van der Waals surface area contributed by atoms with Crippen molar-refractivity contribution in [1.82, 2.24) is 19.7 Å². The number of carbonyl (C=O) groups excluding carboxylic acids is 1. The van der Waals surface area contributed by atoms with Crippen molar-refractivity contribution in [3.63, 3.8) is 0 Å². The largest absolute Gasteiger partial charge is 0.451 e. The van der Waals surface area contributed by atoms with Crippen LogP contribution in [-0.4, -0.2) is 74.6 Å². The number of pyridine rings is 1. The molecule has 0 saturated heterocycles. The number of unbranched alkanes of at least 4 members (excludes halogenated alkanes) is 2. The van der Waals surface area contributed by atoms with E-state index in [4.69, 9.17) is 4.74 Å². The van der Waals surface area contributed by atoms with Crippen LogP contribution in [0.1, 0.15) is 36.0 Å². The number of anilines is 1. The van der Waals surface area contributed by atoms with Crippen molar-refractivity contribution >= 4 is 33.3 Å². The van der Waals surface area contributed by atoms with E-state index < -0.39 is 17.2 Å². The lowest BCUT2D eigenvalue weighted by Gasteiger charge is -2.26. The van der Waals surface area contributed by atoms with Crippen LogP contribution in [0.5, 0.6) is 11.5 Å². The number of hydrogen-bond acceptors (Lipinski definition) is 6. The van der Waals surface area contributed by atoms with Gasteiger partial charge < -0.3 is 29.7 Å². The van der Waals surface area contributed by atoms with Gasteiger partial charge in [-0.3, -0.25) is 9.59 Å². The van der Waals surface area contributed by atoms with Crippen LogP contribution in [0.15, 0.2) is 53.5 Å². The van der Waals surface area contributed by atoms with Gasteiger partial charge in [0.25, 0.3) is 5.91 Å². The van der Waals surface area contributed by atoms with E-state index in [9.17, 15) is 9.59 Å². The van der Waals surface area contributed by atoms with Gasteiger partial charge in [-0.15, -0.1) is 0 Å². The molecule has 3 aromatic carbocycles. The van der Waals surface area contributed by atoms with Crippen LogP contribution in [0.3, 0.4) is 0 Å². The highest BCUT2D eigenvalue weighted by Gasteiger charge is 2.28. The predicted molar refractivity (Wildman–Crippen MR) is 163 cm³/mol. The SMILES string of the molecule is CN(C)CCCCNC(=O)c1cn2c3c(c(NCCCCN(C)C)c(F)cc3c1=O)Oc1cc3ccccc3cc1-2. The molecule has 4 aromatic rings. The van der Waals surface area contributed by atoms with E-state index in [1.165, 1.54) is 6.07 Å². The molecule has 2 N–H and O–H groups in total. The van der Waals surface area contributed by atoms with Crippen molar-refractivity contribution < 1.29 is 13.9 Å². The second kappa shape index (κ2) is 12.3. The smallest absolute Gasteiger partial charge is 0.256 e. The van der Waals surface area contributed by atoms with Crippen LogP contribution < -0.4 is 20.8 Å². The molecule has 8 nitrogen and oxygen atoms in total. The highest BCUT2D eigenvalue weighted by Crippen LogP contribution is 2.46. The summed E-state index contributed by atoms with van der Waals surface area (Å²) in [5.41, 5.74) is 0.795. The molecule has 0 unspecified atom stereocenters. The van der Waals surface area contributed by atoms with E-state index >= 15 is 4.39 Å². The normalized spacial score (nSPS) is 12.2. The Labute approximate surface area is 239 Å². The van der Waals surface area contributed by atoms with Gasteiger partial charge in [-0.25, -0.2) is 4.39 Å². The number of fused-ring (bicyclic) bond motifs is 3. The van der Waals surface area contributed by atoms with Gasteiger partial charge in [-0.05, 0) is 95.9 Å². The third kappa shape index (κ3) is 6.06. The van der Waals surface area contributed by atoms with Crippen molar-refractivity contribution in [2.75, 3.05) is 59.7 Å². The molecule has 1 aliphatic heterocycles. The molecule has 0 fully saturated rings. The average Bonchev–Trinajstić information content (AvgIpc) is 2.93. The van der Waals surface area contributed by atoms with Crippen molar-refractivity contribution in [2.24, 2.45) is 0 Å². The second-order valence-electron chi connectivity index (χ2n) is 11.2. The van der Waals surface area contributed by atoms with Gasteiger partial charge in [-0.1, -0.05) is 24.3 Å². The molecular weight excluding hydrogens is 521 g/mol. The van der Waals surface area contributed by atoms with Gasteiger partial charge in [0.1, 0.15) is 16.8 Å². The quantitative estimate of drug-likeness (QED) is 0.204. The summed E-state index contributed by atoms with van der Waals surface area (Å²) in [6, 6.07) is 13.0. The molecule has 0 radical (unpaired) electrons. The second-order valence-corrected chi connectivity index (χ2v) is 11.2. The maximum absolute atomic E-state index is 15.7. The summed E-state index contributed by atoms with van der Waals surface area (Å²) in [6.45, 7) is 2.85. The lowest BCUT2D eigenvalue weighted by molar-refractivity contribution is 0.0951. The Kier molecular flexibility index (Phi) is 8.56. The van der Waals surface area contributed by atoms with E-state index in [-0.39, 0.29) is 22.4 Å². The molecule has 9 heteroatoms. The molecule has 1 amide bonds. The fourth-order valence-corrected chi connectivity index (χ4v) is 5.25. The molecular formula is C32H38FN5O3. The molecule has 216 valence electrons. The Hall–Kier alpha value is -3.95. The number of nitrogens with zero attached hydrogens (tertiary/aromatic N) is 3. The predicted octanol–water partition coefficient (Wildman–Crippen LogP) is 5.21. The van der Waals surface area contributed by atoms with E-state index in [0.717, 1.165) is 49.5 Å². The van der Waals surface area contributed by atoms with Crippen LogP contribution in [0, 0.1) is 5.82 Å². The molecule has 1 aromatic heterocycles. The van der Waals surface area contributed by atoms with Crippen molar-refractivity contribution in [2.45, 2.75) is 25.7 Å². The van der Waals surface area contributed by atoms with Gasteiger partial charge in [0.2, 0.25) is 5.43 Å². The van der Waals surface area contributed by atoms with Crippen LogP contribution in [0.2, 0.25) is 0 Å². The van der Waals surface area contributed by atoms with Crippen LogP contribution in [0.4, 0.5) is 10.1 Å². The van der Waals surface area contributed by atoms with Gasteiger partial charge >= 0.3 is 0 Å². The van der Waals surface area contributed by atoms with Crippen LogP contribution in [-0.2, 0) is 0 Å². The Morgan fingerprint density at radius 3 is 2.27 bits per heavy atom. The monoisotopic (exact) mass is 559 g/mol. The zero-order chi connectivity index (χ0) is 29.1. The first kappa shape index (κ1) is 28.6. The molecule has 1 aliphatic rings. The Morgan fingerprint density at radius 2 is 1.59 bits per heavy atom. The Morgan fingerprint density at radius 1 is 0.927 bits per heavy atom. The first-order valence-corrected chi connectivity index (χ1v) is 14.2. The Bertz CT molecular complexity index is 1650. The first-order chi connectivity index (χ1) is 19.7. The van der Waals surface area contributed by atoms with E-state index in [1.807, 2.05) is 64.6 Å². The molecule has 41 heavy (non-hydrogen) atoms. The molecule has 0 aliphatic carbocycles. The minimum Gasteiger partial charge on any atom is -0.451 e. The number of halogens is 1. The third-order valence-corrected chi connectivity index (χ3v) is 7.39. The maximum Gasteiger partial charge on any atom is 0.256 e. The number of amides is 1. The van der Waals surface area contributed by atoms with Gasteiger partial charge in [-0.2, -0.15) is 0 Å². The number of benzene rings is 3. The summed E-state index contributed by atoms with van der Waals surface area (Å²) in [5.74, 6) is -0.279. The Balaban J connectivity index is 1.57. The number of rotatable bonds is 12. The van der Waals surface area contributed by atoms with Gasteiger partial charge in [0.15, 0.2) is 17.3 Å². The van der Waals surface area contributed by atoms with E-state index in [1.54, 1.807) is 10.8 Å². The highest BCUT2D eigenvalue weighted by atomic mass is 19.1. The molecule has 0 spiro atoms. The van der Waals surface area contributed by atoms with Crippen LogP contribution >= 0.6 is 0 Å². The van der Waals surface area contributed by atoms with Crippen molar-refractivity contribution in [3.8, 4) is 17.2 Å². The maximum atomic E-state index is 15.7. The average molecular weight is 560 g/mol. The first-order valence-electron chi connectivity index (χ1n) is 14.2. The number of hydrogen-bond donors (Lipinski definition) is 2. The van der Waals surface area contributed by atoms with Crippen molar-refractivity contribution in [3.05, 3.63) is 70.3 Å². The number of carbonyl (C=O) groups is 1. The number of nitrogens with one attached hydrogen (secondary N) is 2. The zero-order valence-electron chi connectivity index (χ0n) is 24.2. The summed E-state index contributed by atoms with van der Waals surface area (Å²) in [7, 11) is 8.05. The summed E-state index contributed by atoms with van der Waals surface area (Å²) < 4.78 is 23.8. The van der Waals surface area contributed by atoms with Crippen LogP contribution in [0.25, 0.3) is 27.4 Å². The highest BCUT2D eigenvalue weighted by molar-refractivity contribution is 6.02. The lowest BCUT2D eigenvalue weighted by Crippen LogP contribution is -2.31. The molecule has 0 bridgehead atoms. The third-order valence-electron chi connectivity index (χ3n) is 7.39. The summed E-state index contributed by atoms with van der Waals surface area (Å²) >= 11 is 0. The zero-order valence-corrected chi connectivity index (χ0v) is 24.2.